The van der Waals surface area contributed by atoms with Crippen molar-refractivity contribution in [3.8, 4) is 22.4 Å². The Morgan fingerprint density at radius 3 is 2.38 bits per heavy atom. The van der Waals surface area contributed by atoms with E-state index in [2.05, 4.69) is 22.2 Å². The molecule has 2 aromatic carbocycles. The van der Waals surface area contributed by atoms with E-state index in [0.717, 1.165) is 22.4 Å². The van der Waals surface area contributed by atoms with E-state index < -0.39 is 5.97 Å². The molecule has 4 rings (SSSR count). The normalized spacial score (nSPS) is 11.0. The average molecular weight is 361 g/mol. The number of carboxylic acid groups (broad SMARTS) is 1. The average Bonchev–Trinajstić information content (AvgIpc) is 3.12. The number of carbonyl (C=O) groups is 1. The standard InChI is InChI=1S/C20H15N3O2S/c1-26-15-9-7-13(8-10-15)16-11-21-19-17(20(24)25)12-22-23(19)18(16)14-5-3-2-4-6-14/h2-12H,1H3,(H,24,25). The van der Waals surface area contributed by atoms with Crippen LogP contribution in [-0.2, 0) is 0 Å². The summed E-state index contributed by atoms with van der Waals surface area (Å²) in [5, 5.41) is 13.7. The molecule has 0 atom stereocenters. The number of hydrogen-bond donors (Lipinski definition) is 1. The number of hydrogen-bond acceptors (Lipinski definition) is 4. The fraction of sp³-hybridized carbons (Fsp3) is 0.0500. The number of carboxylic acids is 1. The van der Waals surface area contributed by atoms with E-state index in [1.807, 2.05) is 48.7 Å². The van der Waals surface area contributed by atoms with Crippen LogP contribution in [0.1, 0.15) is 10.4 Å². The zero-order valence-electron chi connectivity index (χ0n) is 14.0. The monoisotopic (exact) mass is 361 g/mol. The van der Waals surface area contributed by atoms with Crippen molar-refractivity contribution in [2.75, 3.05) is 6.26 Å². The molecule has 0 saturated heterocycles. The molecule has 0 amide bonds. The summed E-state index contributed by atoms with van der Waals surface area (Å²) in [5.41, 5.74) is 4.09. The van der Waals surface area contributed by atoms with Gasteiger partial charge in [-0.15, -0.1) is 11.8 Å². The Kier molecular flexibility index (Phi) is 4.18. The number of fused-ring (bicyclic) bond motifs is 1. The van der Waals surface area contributed by atoms with Gasteiger partial charge in [0, 0.05) is 22.2 Å². The topological polar surface area (TPSA) is 67.5 Å². The zero-order valence-corrected chi connectivity index (χ0v) is 14.8. The summed E-state index contributed by atoms with van der Waals surface area (Å²) in [6.45, 7) is 0. The maximum atomic E-state index is 11.5. The fourth-order valence-corrected chi connectivity index (χ4v) is 3.35. The third-order valence-corrected chi connectivity index (χ3v) is 4.95. The first-order valence-electron chi connectivity index (χ1n) is 7.99. The van der Waals surface area contributed by atoms with Crippen LogP contribution in [0.25, 0.3) is 28.0 Å². The Labute approximate surface area is 154 Å². The maximum Gasteiger partial charge on any atom is 0.341 e. The van der Waals surface area contributed by atoms with Crippen molar-refractivity contribution in [1.82, 2.24) is 14.6 Å². The number of aromatic nitrogens is 3. The first-order valence-corrected chi connectivity index (χ1v) is 9.21. The molecule has 5 nitrogen and oxygen atoms in total. The summed E-state index contributed by atoms with van der Waals surface area (Å²) >= 11 is 1.68. The highest BCUT2D eigenvalue weighted by Gasteiger charge is 2.19. The second-order valence-corrected chi connectivity index (χ2v) is 6.59. The summed E-state index contributed by atoms with van der Waals surface area (Å²) in [5.74, 6) is -1.04. The lowest BCUT2D eigenvalue weighted by Crippen LogP contribution is -2.02. The molecule has 128 valence electrons. The lowest BCUT2D eigenvalue weighted by atomic mass is 10.0. The molecule has 0 spiro atoms. The van der Waals surface area contributed by atoms with E-state index in [1.54, 1.807) is 22.5 Å². The smallest absolute Gasteiger partial charge is 0.341 e. The molecule has 4 aromatic rings. The molecule has 0 aliphatic carbocycles. The second-order valence-electron chi connectivity index (χ2n) is 5.71. The predicted molar refractivity (Wildman–Crippen MR) is 103 cm³/mol. The molecule has 0 bridgehead atoms. The minimum Gasteiger partial charge on any atom is -0.477 e. The second kappa shape index (κ2) is 6.65. The Hall–Kier alpha value is -3.12. The van der Waals surface area contributed by atoms with Gasteiger partial charge in [-0.1, -0.05) is 42.5 Å². The van der Waals surface area contributed by atoms with Crippen molar-refractivity contribution in [3.05, 3.63) is 72.6 Å². The van der Waals surface area contributed by atoms with Crippen LogP contribution in [0.15, 0.2) is 71.9 Å². The lowest BCUT2D eigenvalue weighted by Gasteiger charge is -2.12. The van der Waals surface area contributed by atoms with Gasteiger partial charge in [0.2, 0.25) is 0 Å². The van der Waals surface area contributed by atoms with Crippen molar-refractivity contribution in [2.45, 2.75) is 4.90 Å². The first-order chi connectivity index (χ1) is 12.7. The van der Waals surface area contributed by atoms with E-state index in [-0.39, 0.29) is 5.56 Å². The van der Waals surface area contributed by atoms with Gasteiger partial charge in [-0.25, -0.2) is 14.3 Å². The summed E-state index contributed by atoms with van der Waals surface area (Å²) in [6.07, 6.45) is 5.10. The van der Waals surface area contributed by atoms with Crippen LogP contribution in [0.5, 0.6) is 0 Å². The van der Waals surface area contributed by atoms with Crippen molar-refractivity contribution in [3.63, 3.8) is 0 Å². The third kappa shape index (κ3) is 2.74. The van der Waals surface area contributed by atoms with Gasteiger partial charge in [0.1, 0.15) is 5.56 Å². The lowest BCUT2D eigenvalue weighted by molar-refractivity contribution is 0.0699. The molecule has 0 unspecified atom stereocenters. The molecular formula is C20H15N3O2S. The molecule has 1 N–H and O–H groups in total. The molecule has 0 fully saturated rings. The highest BCUT2D eigenvalue weighted by molar-refractivity contribution is 7.98. The molecule has 0 aliphatic rings. The van der Waals surface area contributed by atoms with E-state index in [0.29, 0.717) is 5.65 Å². The number of nitrogens with zero attached hydrogens (tertiary/aromatic N) is 3. The minimum absolute atomic E-state index is 0.0893. The van der Waals surface area contributed by atoms with E-state index in [9.17, 15) is 9.90 Å². The van der Waals surface area contributed by atoms with Crippen LogP contribution in [0.4, 0.5) is 0 Å². The van der Waals surface area contributed by atoms with Gasteiger partial charge in [-0.3, -0.25) is 0 Å². The summed E-state index contributed by atoms with van der Waals surface area (Å²) < 4.78 is 1.61. The van der Waals surface area contributed by atoms with Gasteiger partial charge < -0.3 is 5.11 Å². The van der Waals surface area contributed by atoms with Crippen LogP contribution < -0.4 is 0 Å². The Morgan fingerprint density at radius 1 is 1.00 bits per heavy atom. The van der Waals surface area contributed by atoms with Crippen molar-refractivity contribution in [2.24, 2.45) is 0 Å². The summed E-state index contributed by atoms with van der Waals surface area (Å²) in [4.78, 5) is 17.0. The van der Waals surface area contributed by atoms with Crippen molar-refractivity contribution < 1.29 is 9.90 Å². The van der Waals surface area contributed by atoms with Crippen molar-refractivity contribution in [1.29, 1.82) is 0 Å². The molecule has 2 aromatic heterocycles. The van der Waals surface area contributed by atoms with Gasteiger partial charge in [0.15, 0.2) is 5.65 Å². The van der Waals surface area contributed by atoms with Crippen LogP contribution >= 0.6 is 11.8 Å². The van der Waals surface area contributed by atoms with E-state index in [4.69, 9.17) is 0 Å². The number of thioether (sulfide) groups is 1. The van der Waals surface area contributed by atoms with Gasteiger partial charge in [-0.2, -0.15) is 5.10 Å². The van der Waals surface area contributed by atoms with Crippen molar-refractivity contribution >= 4 is 23.4 Å². The van der Waals surface area contributed by atoms with Crippen LogP contribution in [0.2, 0.25) is 0 Å². The fourth-order valence-electron chi connectivity index (χ4n) is 2.94. The Balaban J connectivity index is 2.02. The van der Waals surface area contributed by atoms with Gasteiger partial charge in [-0.05, 0) is 24.0 Å². The first kappa shape index (κ1) is 16.4. The maximum absolute atomic E-state index is 11.5. The summed E-state index contributed by atoms with van der Waals surface area (Å²) in [7, 11) is 0. The largest absolute Gasteiger partial charge is 0.477 e. The van der Waals surface area contributed by atoms with E-state index in [1.165, 1.54) is 11.1 Å². The Bertz CT molecular complexity index is 1090. The van der Waals surface area contributed by atoms with Gasteiger partial charge >= 0.3 is 5.97 Å². The number of benzene rings is 2. The SMILES string of the molecule is CSc1ccc(-c2cnc3c(C(=O)O)cnn3c2-c2ccccc2)cc1. The van der Waals surface area contributed by atoms with Crippen LogP contribution in [-0.4, -0.2) is 31.9 Å². The highest BCUT2D eigenvalue weighted by atomic mass is 32.2. The summed E-state index contributed by atoms with van der Waals surface area (Å²) in [6, 6.07) is 18.0. The minimum atomic E-state index is -1.04. The number of aromatic carboxylic acids is 1. The third-order valence-electron chi connectivity index (χ3n) is 4.21. The molecule has 2 heterocycles. The van der Waals surface area contributed by atoms with Gasteiger partial charge in [0.25, 0.3) is 0 Å². The molecule has 6 heteroatoms. The van der Waals surface area contributed by atoms with Crippen LogP contribution in [0, 0.1) is 0 Å². The molecule has 26 heavy (non-hydrogen) atoms. The van der Waals surface area contributed by atoms with E-state index >= 15 is 0 Å². The molecule has 0 saturated carbocycles. The zero-order chi connectivity index (χ0) is 18.1. The molecule has 0 radical (unpaired) electrons. The predicted octanol–water partition coefficient (Wildman–Crippen LogP) is 4.48. The Morgan fingerprint density at radius 2 is 1.73 bits per heavy atom. The van der Waals surface area contributed by atoms with Gasteiger partial charge in [0.05, 0.1) is 11.9 Å². The highest BCUT2D eigenvalue weighted by Crippen LogP contribution is 2.33. The number of rotatable bonds is 4. The molecule has 0 aliphatic heterocycles. The quantitative estimate of drug-likeness (QED) is 0.543. The van der Waals surface area contributed by atoms with Crippen LogP contribution in [0.3, 0.4) is 0 Å². The molecular weight excluding hydrogens is 346 g/mol.